The zero-order valence-electron chi connectivity index (χ0n) is 7.61. The normalized spacial score (nSPS) is 11.9. The molecule has 2 N–H and O–H groups in total. The Morgan fingerprint density at radius 2 is 2.31 bits per heavy atom. The fourth-order valence-electron chi connectivity index (χ4n) is 0.960. The molecule has 0 spiro atoms. The maximum Gasteiger partial charge on any atom is 0.234 e. The highest BCUT2D eigenvalue weighted by Crippen LogP contribution is 2.05. The van der Waals surface area contributed by atoms with Crippen molar-refractivity contribution >= 4 is 15.8 Å². The molecular formula is C7H13N3O2S. The molecule has 0 fully saturated rings. The Balaban J connectivity index is 2.63. The van der Waals surface area contributed by atoms with Crippen molar-refractivity contribution in [2.24, 2.45) is 5.92 Å². The van der Waals surface area contributed by atoms with E-state index in [1.807, 2.05) is 13.8 Å². The van der Waals surface area contributed by atoms with Crippen LogP contribution in [0.3, 0.4) is 0 Å². The lowest BCUT2D eigenvalue weighted by Crippen LogP contribution is -2.20. The summed E-state index contributed by atoms with van der Waals surface area (Å²) in [6.45, 7) is 3.71. The Morgan fingerprint density at radius 1 is 1.62 bits per heavy atom. The van der Waals surface area contributed by atoms with Crippen molar-refractivity contribution in [3.8, 4) is 0 Å². The van der Waals surface area contributed by atoms with Crippen LogP contribution < -0.4 is 4.72 Å². The van der Waals surface area contributed by atoms with Crippen LogP contribution in [0.5, 0.6) is 0 Å². The summed E-state index contributed by atoms with van der Waals surface area (Å²) in [5.74, 6) is 0.632. The van der Waals surface area contributed by atoms with Gasteiger partial charge in [-0.25, -0.2) is 13.4 Å². The van der Waals surface area contributed by atoms with Gasteiger partial charge < -0.3 is 4.98 Å². The Kier molecular flexibility index (Phi) is 2.92. The van der Waals surface area contributed by atoms with Gasteiger partial charge in [0.15, 0.2) is 0 Å². The van der Waals surface area contributed by atoms with Crippen molar-refractivity contribution in [2.45, 2.75) is 13.8 Å². The van der Waals surface area contributed by atoms with Crippen LogP contribution in [-0.4, -0.2) is 24.1 Å². The van der Waals surface area contributed by atoms with Gasteiger partial charge in [0, 0.05) is 0 Å². The largest absolute Gasteiger partial charge is 0.331 e. The Bertz CT molecular complexity index is 342. The molecular weight excluding hydrogens is 190 g/mol. The van der Waals surface area contributed by atoms with E-state index in [-0.39, 0.29) is 11.7 Å². The first-order chi connectivity index (χ1) is 5.99. The molecule has 74 valence electrons. The van der Waals surface area contributed by atoms with Crippen LogP contribution in [-0.2, 0) is 10.0 Å². The second kappa shape index (κ2) is 3.78. The summed E-state index contributed by atoms with van der Waals surface area (Å²) in [5, 5.41) is 0. The first kappa shape index (κ1) is 10.0. The number of aromatic amines is 1. The maximum atomic E-state index is 11.3. The average Bonchev–Trinajstić information content (AvgIpc) is 2.34. The molecule has 0 amide bonds. The van der Waals surface area contributed by atoms with Crippen molar-refractivity contribution in [3.05, 3.63) is 12.5 Å². The van der Waals surface area contributed by atoms with Gasteiger partial charge >= 0.3 is 0 Å². The number of rotatable bonds is 4. The third kappa shape index (κ3) is 3.45. The Labute approximate surface area is 77.6 Å². The van der Waals surface area contributed by atoms with E-state index >= 15 is 0 Å². The van der Waals surface area contributed by atoms with Crippen LogP contribution in [0.4, 0.5) is 5.82 Å². The molecule has 0 saturated heterocycles. The van der Waals surface area contributed by atoms with Gasteiger partial charge in [-0.1, -0.05) is 13.8 Å². The molecule has 1 aromatic heterocycles. The predicted molar refractivity (Wildman–Crippen MR) is 50.8 cm³/mol. The molecule has 0 saturated carbocycles. The second-order valence-electron chi connectivity index (χ2n) is 3.24. The minimum Gasteiger partial charge on any atom is -0.331 e. The molecule has 0 atom stereocenters. The van der Waals surface area contributed by atoms with E-state index in [2.05, 4.69) is 14.7 Å². The van der Waals surface area contributed by atoms with Crippen molar-refractivity contribution in [1.29, 1.82) is 0 Å². The number of nitrogens with one attached hydrogen (secondary N) is 2. The molecule has 1 aromatic rings. The fraction of sp³-hybridized carbons (Fsp3) is 0.571. The monoisotopic (exact) mass is 203 g/mol. The van der Waals surface area contributed by atoms with E-state index in [0.717, 1.165) is 0 Å². The van der Waals surface area contributed by atoms with Gasteiger partial charge in [0.25, 0.3) is 0 Å². The summed E-state index contributed by atoms with van der Waals surface area (Å²) < 4.78 is 25.1. The highest BCUT2D eigenvalue weighted by molar-refractivity contribution is 7.92. The molecule has 5 nitrogen and oxygen atoms in total. The summed E-state index contributed by atoms with van der Waals surface area (Å²) in [4.78, 5) is 6.37. The van der Waals surface area contributed by atoms with Crippen molar-refractivity contribution in [1.82, 2.24) is 9.97 Å². The predicted octanol–water partition coefficient (Wildman–Crippen LogP) is 0.807. The summed E-state index contributed by atoms with van der Waals surface area (Å²) in [6, 6.07) is 0. The van der Waals surface area contributed by atoms with Crippen LogP contribution >= 0.6 is 0 Å². The SMILES string of the molecule is CC(C)CS(=O)(=O)Nc1cnc[nH]1. The Hall–Kier alpha value is -1.04. The number of sulfonamides is 1. The highest BCUT2D eigenvalue weighted by Gasteiger charge is 2.12. The summed E-state index contributed by atoms with van der Waals surface area (Å²) in [6.07, 6.45) is 2.85. The number of nitrogens with zero attached hydrogens (tertiary/aromatic N) is 1. The average molecular weight is 203 g/mol. The number of imidazole rings is 1. The zero-order valence-corrected chi connectivity index (χ0v) is 8.43. The molecule has 0 unspecified atom stereocenters. The van der Waals surface area contributed by atoms with E-state index < -0.39 is 10.0 Å². The third-order valence-corrected chi connectivity index (χ3v) is 2.95. The van der Waals surface area contributed by atoms with E-state index in [0.29, 0.717) is 5.82 Å². The lowest BCUT2D eigenvalue weighted by Gasteiger charge is -2.07. The molecule has 13 heavy (non-hydrogen) atoms. The molecule has 1 heterocycles. The van der Waals surface area contributed by atoms with E-state index in [1.54, 1.807) is 0 Å². The highest BCUT2D eigenvalue weighted by atomic mass is 32.2. The molecule has 1 rings (SSSR count). The van der Waals surface area contributed by atoms with Crippen molar-refractivity contribution in [3.63, 3.8) is 0 Å². The lowest BCUT2D eigenvalue weighted by molar-refractivity contribution is 0.587. The van der Waals surface area contributed by atoms with Gasteiger partial charge in [-0.15, -0.1) is 0 Å². The van der Waals surface area contributed by atoms with E-state index in [1.165, 1.54) is 12.5 Å². The third-order valence-electron chi connectivity index (χ3n) is 1.32. The van der Waals surface area contributed by atoms with Crippen LogP contribution in [0.25, 0.3) is 0 Å². The molecule has 0 bridgehead atoms. The van der Waals surface area contributed by atoms with Crippen LogP contribution in [0, 0.1) is 5.92 Å². The molecule has 0 aliphatic carbocycles. The van der Waals surface area contributed by atoms with Crippen molar-refractivity contribution in [2.75, 3.05) is 10.5 Å². The van der Waals surface area contributed by atoms with Gasteiger partial charge in [0.05, 0.1) is 18.3 Å². The fourth-order valence-corrected chi connectivity index (χ4v) is 2.37. The zero-order chi connectivity index (χ0) is 9.90. The van der Waals surface area contributed by atoms with Gasteiger partial charge in [-0.05, 0) is 5.92 Å². The van der Waals surface area contributed by atoms with E-state index in [4.69, 9.17) is 0 Å². The summed E-state index contributed by atoms with van der Waals surface area (Å²) in [7, 11) is -3.23. The number of anilines is 1. The minimum atomic E-state index is -3.23. The Morgan fingerprint density at radius 3 is 2.77 bits per heavy atom. The van der Waals surface area contributed by atoms with Gasteiger partial charge in [0.2, 0.25) is 10.0 Å². The molecule has 0 radical (unpaired) electrons. The van der Waals surface area contributed by atoms with Crippen LogP contribution in [0.1, 0.15) is 13.8 Å². The second-order valence-corrected chi connectivity index (χ2v) is 5.01. The van der Waals surface area contributed by atoms with Crippen LogP contribution in [0.2, 0.25) is 0 Å². The van der Waals surface area contributed by atoms with Gasteiger partial charge in [-0.3, -0.25) is 4.72 Å². The molecule has 0 aliphatic rings. The number of aromatic nitrogens is 2. The van der Waals surface area contributed by atoms with Gasteiger partial charge in [-0.2, -0.15) is 0 Å². The van der Waals surface area contributed by atoms with E-state index in [9.17, 15) is 8.42 Å². The number of hydrogen-bond acceptors (Lipinski definition) is 3. The summed E-state index contributed by atoms with van der Waals surface area (Å²) in [5.41, 5.74) is 0. The maximum absolute atomic E-state index is 11.3. The number of H-pyrrole nitrogens is 1. The lowest BCUT2D eigenvalue weighted by atomic mass is 10.3. The standard InChI is InChI=1S/C7H13N3O2S/c1-6(2)4-13(11,12)10-7-3-8-5-9-7/h3,5-6,10H,4H2,1-2H3,(H,8,9). The van der Waals surface area contributed by atoms with Crippen LogP contribution in [0.15, 0.2) is 12.5 Å². The van der Waals surface area contributed by atoms with Crippen molar-refractivity contribution < 1.29 is 8.42 Å². The summed E-state index contributed by atoms with van der Waals surface area (Å²) >= 11 is 0. The molecule has 6 heteroatoms. The quantitative estimate of drug-likeness (QED) is 0.760. The smallest absolute Gasteiger partial charge is 0.234 e. The van der Waals surface area contributed by atoms with Gasteiger partial charge in [0.1, 0.15) is 5.82 Å². The number of hydrogen-bond donors (Lipinski definition) is 2. The molecule has 0 aliphatic heterocycles. The minimum absolute atomic E-state index is 0.112. The first-order valence-corrected chi connectivity index (χ1v) is 5.64. The first-order valence-electron chi connectivity index (χ1n) is 3.98. The molecule has 0 aromatic carbocycles. The topological polar surface area (TPSA) is 74.8 Å².